The number of allylic oxidation sites excluding steroid dienone is 3. The highest BCUT2D eigenvalue weighted by atomic mass is 35.5. The number of carbonyl (C=O) groups is 1. The first kappa shape index (κ1) is 30.8. The number of nitrogens with zero attached hydrogens (tertiary/aromatic N) is 3. The number of nitrogens with two attached hydrogens (primary N) is 1. The average Bonchev–Trinajstić information content (AvgIpc) is 2.93. The number of hydrogen-bond donors (Lipinski definition) is 1. The Morgan fingerprint density at radius 3 is 2.50 bits per heavy atom. The van der Waals surface area contributed by atoms with Crippen molar-refractivity contribution < 1.29 is 18.8 Å². The minimum Gasteiger partial charge on any atom is -0.487 e. The maximum Gasteiger partial charge on any atom is 0.271 e. The molecule has 1 aliphatic heterocycles. The van der Waals surface area contributed by atoms with Crippen LogP contribution in [0.3, 0.4) is 0 Å². The smallest absolute Gasteiger partial charge is 0.271 e. The monoisotopic (exact) mass is 614 g/mol. The van der Waals surface area contributed by atoms with Gasteiger partial charge in [-0.15, -0.1) is 0 Å². The van der Waals surface area contributed by atoms with Crippen LogP contribution in [0, 0.1) is 53.4 Å². The molecule has 3 aromatic carbocycles. The van der Waals surface area contributed by atoms with E-state index in [0.717, 1.165) is 22.3 Å². The zero-order valence-corrected chi connectivity index (χ0v) is 25.9. The van der Waals surface area contributed by atoms with Gasteiger partial charge in [-0.25, -0.2) is 4.39 Å². The number of rotatable bonds is 6. The van der Waals surface area contributed by atoms with Gasteiger partial charge in [0, 0.05) is 29.8 Å². The number of nitro groups is 1. The van der Waals surface area contributed by atoms with E-state index in [1.165, 1.54) is 30.3 Å². The molecule has 0 radical (unpaired) electrons. The maximum absolute atomic E-state index is 14.0. The number of hydrogen-bond acceptors (Lipinski definition) is 7. The van der Waals surface area contributed by atoms with Gasteiger partial charge in [0.25, 0.3) is 5.69 Å². The van der Waals surface area contributed by atoms with Crippen molar-refractivity contribution in [2.75, 3.05) is 4.90 Å². The van der Waals surface area contributed by atoms with Crippen molar-refractivity contribution in [1.29, 1.82) is 5.26 Å². The molecule has 0 fully saturated rings. The lowest BCUT2D eigenvalue weighted by molar-refractivity contribution is -0.384. The zero-order chi connectivity index (χ0) is 32.1. The summed E-state index contributed by atoms with van der Waals surface area (Å²) in [6.45, 7) is 9.77. The van der Waals surface area contributed by atoms with Gasteiger partial charge in [0.05, 0.1) is 33.2 Å². The number of benzene rings is 3. The van der Waals surface area contributed by atoms with Gasteiger partial charge in [-0.1, -0.05) is 43.6 Å². The summed E-state index contributed by atoms with van der Waals surface area (Å²) < 4.78 is 19.5. The molecule has 0 saturated heterocycles. The van der Waals surface area contributed by atoms with Crippen LogP contribution < -0.4 is 15.4 Å². The van der Waals surface area contributed by atoms with Crippen LogP contribution in [0.1, 0.15) is 60.4 Å². The molecule has 0 bridgehead atoms. The van der Waals surface area contributed by atoms with Crippen LogP contribution in [0.2, 0.25) is 5.02 Å². The molecule has 2 N–H and O–H groups in total. The van der Waals surface area contributed by atoms with Gasteiger partial charge < -0.3 is 10.5 Å². The van der Waals surface area contributed by atoms with Crippen molar-refractivity contribution in [3.05, 3.63) is 120 Å². The third kappa shape index (κ3) is 5.53. The molecule has 1 atom stereocenters. The Balaban J connectivity index is 1.69. The first-order valence-electron chi connectivity index (χ1n) is 14.1. The summed E-state index contributed by atoms with van der Waals surface area (Å²) in [5.74, 6) is -0.873. The Morgan fingerprint density at radius 1 is 1.11 bits per heavy atom. The topological polar surface area (TPSA) is 122 Å². The summed E-state index contributed by atoms with van der Waals surface area (Å²) in [6, 6.07) is 14.6. The molecule has 5 rings (SSSR count). The molecule has 1 unspecified atom stereocenters. The molecular formula is C34H32ClFN4O4. The number of halogens is 2. The van der Waals surface area contributed by atoms with Crippen LogP contribution in [0.4, 0.5) is 15.8 Å². The fourth-order valence-electron chi connectivity index (χ4n) is 6.18. The van der Waals surface area contributed by atoms with Crippen LogP contribution in [0.15, 0.2) is 71.2 Å². The number of aryl methyl sites for hydroxylation is 3. The molecule has 2 aliphatic rings. The van der Waals surface area contributed by atoms with Crippen LogP contribution in [-0.4, -0.2) is 10.7 Å². The van der Waals surface area contributed by atoms with Crippen molar-refractivity contribution >= 4 is 28.8 Å². The van der Waals surface area contributed by atoms with Crippen molar-refractivity contribution in [3.63, 3.8) is 0 Å². The largest absolute Gasteiger partial charge is 0.487 e. The molecule has 1 heterocycles. The van der Waals surface area contributed by atoms with Gasteiger partial charge in [0.15, 0.2) is 5.78 Å². The molecule has 0 aromatic heterocycles. The number of carbonyl (C=O) groups excluding carboxylic acids is 1. The van der Waals surface area contributed by atoms with E-state index in [2.05, 4.69) is 6.07 Å². The molecule has 8 nitrogen and oxygen atoms in total. The molecule has 0 saturated carbocycles. The van der Waals surface area contributed by atoms with Crippen LogP contribution in [0.25, 0.3) is 0 Å². The summed E-state index contributed by atoms with van der Waals surface area (Å²) in [4.78, 5) is 26.9. The lowest BCUT2D eigenvalue weighted by Gasteiger charge is -2.44. The first-order chi connectivity index (χ1) is 20.7. The first-order valence-corrected chi connectivity index (χ1v) is 14.5. The number of ether oxygens (including phenoxy) is 1. The Kier molecular flexibility index (Phi) is 8.00. The lowest BCUT2D eigenvalue weighted by Crippen LogP contribution is -2.42. The Bertz CT molecular complexity index is 1840. The molecule has 1 aliphatic carbocycles. The Morgan fingerprint density at radius 2 is 1.84 bits per heavy atom. The average molecular weight is 615 g/mol. The van der Waals surface area contributed by atoms with Gasteiger partial charge in [0.2, 0.25) is 0 Å². The quantitative estimate of drug-likeness (QED) is 0.222. The van der Waals surface area contributed by atoms with E-state index in [0.29, 0.717) is 34.7 Å². The van der Waals surface area contributed by atoms with Crippen LogP contribution in [-0.2, 0) is 11.4 Å². The molecular weight excluding hydrogens is 583 g/mol. The standard InChI is InChI=1S/C34H32ClFN4O4/c1-18-6-8-23(40(42)43)13-27(18)39-28-14-34(4,5)15-29(41)32(28)31(25(16-37)33(39)38)24-11-21(19(2)10-20(24)3)17-44-30-9-7-22(36)12-26(30)35/h6-13,31H,14-15,17,38H2,1-5H3. The number of nitro benzene ring substituents is 1. The number of anilines is 1. The molecule has 3 aromatic rings. The second-order valence-corrected chi connectivity index (χ2v) is 12.6. The third-order valence-corrected chi connectivity index (χ3v) is 8.63. The maximum atomic E-state index is 14.0. The SMILES string of the molecule is Cc1cc(C)c(C2C(C#N)=C(N)N(c3cc([N+](=O)[O-])ccc3C)C3=C2C(=O)CC(C)(C)C3)cc1COc1ccc(F)cc1Cl. The van der Waals surface area contributed by atoms with Gasteiger partial charge in [-0.05, 0) is 78.6 Å². The van der Waals surface area contributed by atoms with E-state index in [1.54, 1.807) is 11.0 Å². The molecule has 0 spiro atoms. The van der Waals surface area contributed by atoms with Gasteiger partial charge in [-0.3, -0.25) is 19.8 Å². The van der Waals surface area contributed by atoms with Crippen LogP contribution in [0.5, 0.6) is 5.75 Å². The van der Waals surface area contributed by atoms with Crippen molar-refractivity contribution in [2.24, 2.45) is 11.1 Å². The summed E-state index contributed by atoms with van der Waals surface area (Å²) >= 11 is 6.18. The highest BCUT2D eigenvalue weighted by Crippen LogP contribution is 2.51. The van der Waals surface area contributed by atoms with E-state index in [-0.39, 0.29) is 40.9 Å². The van der Waals surface area contributed by atoms with E-state index in [4.69, 9.17) is 22.1 Å². The lowest BCUT2D eigenvalue weighted by atomic mass is 9.68. The predicted octanol–water partition coefficient (Wildman–Crippen LogP) is 7.83. The number of nitriles is 1. The summed E-state index contributed by atoms with van der Waals surface area (Å²) in [5.41, 5.74) is 12.0. The van der Waals surface area contributed by atoms with E-state index in [9.17, 15) is 24.6 Å². The van der Waals surface area contributed by atoms with Gasteiger partial charge in [-0.2, -0.15) is 5.26 Å². The van der Waals surface area contributed by atoms with Gasteiger partial charge >= 0.3 is 0 Å². The molecule has 10 heteroatoms. The normalized spacial score (nSPS) is 17.8. The molecule has 44 heavy (non-hydrogen) atoms. The fraction of sp³-hybridized carbons (Fsp3) is 0.294. The summed E-state index contributed by atoms with van der Waals surface area (Å²) in [6.07, 6.45) is 0.739. The van der Waals surface area contributed by atoms with E-state index >= 15 is 0 Å². The number of Topliss-reactive ketones (excluding diaryl/α,β-unsaturated/α-hetero) is 1. The number of non-ortho nitro benzene ring substituents is 1. The van der Waals surface area contributed by atoms with Crippen molar-refractivity contribution in [1.82, 2.24) is 0 Å². The minimum absolute atomic E-state index is 0.106. The minimum atomic E-state index is -0.748. The summed E-state index contributed by atoms with van der Waals surface area (Å²) in [7, 11) is 0. The Hall–Kier alpha value is -4.68. The summed E-state index contributed by atoms with van der Waals surface area (Å²) in [5, 5.41) is 22.4. The third-order valence-electron chi connectivity index (χ3n) is 8.34. The zero-order valence-electron chi connectivity index (χ0n) is 25.1. The fourth-order valence-corrected chi connectivity index (χ4v) is 6.40. The molecule has 226 valence electrons. The van der Waals surface area contributed by atoms with Crippen molar-refractivity contribution in [3.8, 4) is 11.8 Å². The highest BCUT2D eigenvalue weighted by Gasteiger charge is 2.45. The molecule has 0 amide bonds. The Labute approximate surface area is 260 Å². The van der Waals surface area contributed by atoms with E-state index < -0.39 is 22.1 Å². The van der Waals surface area contributed by atoms with Gasteiger partial charge in [0.1, 0.15) is 24.0 Å². The van der Waals surface area contributed by atoms with E-state index in [1.807, 2.05) is 46.8 Å². The second kappa shape index (κ2) is 11.4. The highest BCUT2D eigenvalue weighted by molar-refractivity contribution is 6.32. The predicted molar refractivity (Wildman–Crippen MR) is 167 cm³/mol. The van der Waals surface area contributed by atoms with Crippen molar-refractivity contribution in [2.45, 2.75) is 60.0 Å². The van der Waals surface area contributed by atoms with Crippen LogP contribution >= 0.6 is 11.6 Å². The second-order valence-electron chi connectivity index (χ2n) is 12.2. The number of ketones is 1.